The maximum absolute atomic E-state index is 13.5. The molecule has 0 unspecified atom stereocenters. The Balaban J connectivity index is 1.75. The van der Waals surface area contributed by atoms with Crippen LogP contribution in [0.2, 0.25) is 5.02 Å². The highest BCUT2D eigenvalue weighted by Crippen LogP contribution is 2.57. The number of carboxylic acid groups (broad SMARTS) is 2. The van der Waals surface area contributed by atoms with E-state index >= 15 is 0 Å². The Morgan fingerprint density at radius 2 is 1.69 bits per heavy atom. The molecule has 0 saturated heterocycles. The first kappa shape index (κ1) is 22.5. The van der Waals surface area contributed by atoms with E-state index in [4.69, 9.17) is 11.6 Å². The first-order chi connectivity index (χ1) is 15.2. The summed E-state index contributed by atoms with van der Waals surface area (Å²) in [6.07, 6.45) is -0.00568. The number of nitrogens with zero attached hydrogens (tertiary/aromatic N) is 1. The molecular weight excluding hydrogens is 474 g/mol. The number of carboxylic acids is 2. The predicted molar refractivity (Wildman–Crippen MR) is 120 cm³/mol. The molecule has 2 aromatic carbocycles. The Hall–Kier alpha value is -2.72. The predicted octanol–water partition coefficient (Wildman–Crippen LogP) is 4.15. The van der Waals surface area contributed by atoms with Crippen molar-refractivity contribution in [2.24, 2.45) is 0 Å². The third kappa shape index (κ3) is 3.93. The van der Waals surface area contributed by atoms with Gasteiger partial charge in [0.1, 0.15) is 16.3 Å². The van der Waals surface area contributed by atoms with Crippen molar-refractivity contribution in [1.82, 2.24) is 4.31 Å². The molecule has 1 aliphatic rings. The summed E-state index contributed by atoms with van der Waals surface area (Å²) in [5, 5.41) is 20.0. The van der Waals surface area contributed by atoms with Crippen LogP contribution in [-0.4, -0.2) is 47.0 Å². The van der Waals surface area contributed by atoms with E-state index in [0.29, 0.717) is 19.8 Å². The van der Waals surface area contributed by atoms with Crippen LogP contribution in [0.3, 0.4) is 0 Å². The largest absolute Gasteiger partial charge is 0.480 e. The maximum Gasteiger partial charge on any atom is 0.325 e. The molecule has 10 heteroatoms. The van der Waals surface area contributed by atoms with Crippen molar-refractivity contribution in [1.29, 1.82) is 0 Å². The van der Waals surface area contributed by atoms with Gasteiger partial charge in [0.25, 0.3) is 10.0 Å². The number of aliphatic carboxylic acids is 2. The van der Waals surface area contributed by atoms with Crippen molar-refractivity contribution < 1.29 is 28.2 Å². The molecule has 3 aromatic rings. The first-order valence-electron chi connectivity index (χ1n) is 9.55. The van der Waals surface area contributed by atoms with Crippen molar-refractivity contribution in [3.8, 4) is 10.4 Å². The smallest absolute Gasteiger partial charge is 0.325 e. The highest BCUT2D eigenvalue weighted by atomic mass is 35.5. The van der Waals surface area contributed by atoms with Gasteiger partial charge in [-0.3, -0.25) is 9.59 Å². The van der Waals surface area contributed by atoms with E-state index in [1.165, 1.54) is 6.07 Å². The highest BCUT2D eigenvalue weighted by Gasteiger charge is 2.68. The van der Waals surface area contributed by atoms with Crippen molar-refractivity contribution in [2.75, 3.05) is 6.54 Å². The third-order valence-electron chi connectivity index (χ3n) is 5.48. The van der Waals surface area contributed by atoms with Crippen molar-refractivity contribution in [3.63, 3.8) is 0 Å². The summed E-state index contributed by atoms with van der Waals surface area (Å²) in [5.74, 6) is -3.45. The molecule has 0 aliphatic heterocycles. The number of rotatable bonds is 8. The van der Waals surface area contributed by atoms with E-state index in [1.807, 2.05) is 0 Å². The zero-order valence-corrected chi connectivity index (χ0v) is 18.9. The van der Waals surface area contributed by atoms with Gasteiger partial charge in [-0.05, 0) is 41.8 Å². The van der Waals surface area contributed by atoms with Crippen molar-refractivity contribution >= 4 is 44.9 Å². The minimum atomic E-state index is -4.41. The summed E-state index contributed by atoms with van der Waals surface area (Å²) in [6.45, 7) is -0.952. The number of hydrogen-bond acceptors (Lipinski definition) is 5. The number of thiophene rings is 1. The zero-order chi connectivity index (χ0) is 23.1. The van der Waals surface area contributed by atoms with Crippen LogP contribution < -0.4 is 0 Å². The topological polar surface area (TPSA) is 112 Å². The summed E-state index contributed by atoms with van der Waals surface area (Å²) in [7, 11) is -4.41. The molecule has 1 heterocycles. The molecule has 1 aliphatic carbocycles. The quantitative estimate of drug-likeness (QED) is 0.489. The summed E-state index contributed by atoms with van der Waals surface area (Å²) >= 11 is 6.86. The summed E-state index contributed by atoms with van der Waals surface area (Å²) in [4.78, 5) is 24.5. The van der Waals surface area contributed by atoms with Gasteiger partial charge in [0.2, 0.25) is 0 Å². The fourth-order valence-electron chi connectivity index (χ4n) is 3.85. The van der Waals surface area contributed by atoms with Crippen LogP contribution in [0.25, 0.3) is 10.4 Å². The SMILES string of the molecule is O=C(O)CN([C@@]1(C(=O)O)C[C@H]1c1ccccc1)S(=O)(=O)c1ccc(-c2ccc(Cl)cc2)s1. The van der Waals surface area contributed by atoms with Crippen molar-refractivity contribution in [2.45, 2.75) is 22.1 Å². The molecule has 1 saturated carbocycles. The average Bonchev–Trinajstić information content (AvgIpc) is 3.31. The lowest BCUT2D eigenvalue weighted by atomic mass is 10.1. The zero-order valence-electron chi connectivity index (χ0n) is 16.5. The Labute approximate surface area is 193 Å². The lowest BCUT2D eigenvalue weighted by molar-refractivity contribution is -0.145. The number of hydrogen-bond donors (Lipinski definition) is 2. The van der Waals surface area contributed by atoms with Crippen LogP contribution >= 0.6 is 22.9 Å². The van der Waals surface area contributed by atoms with Gasteiger partial charge >= 0.3 is 11.9 Å². The minimum absolute atomic E-state index is 0.00568. The second-order valence-corrected chi connectivity index (χ2v) is 11.0. The molecule has 0 bridgehead atoms. The fraction of sp³-hybridized carbons (Fsp3) is 0.182. The molecule has 1 fully saturated rings. The van der Waals surface area contributed by atoms with Gasteiger partial charge in [-0.25, -0.2) is 8.42 Å². The van der Waals surface area contributed by atoms with E-state index in [0.717, 1.165) is 16.9 Å². The van der Waals surface area contributed by atoms with Crippen LogP contribution in [0.5, 0.6) is 0 Å². The number of carbonyl (C=O) groups is 2. The van der Waals surface area contributed by atoms with Crippen LogP contribution in [-0.2, 0) is 19.6 Å². The number of benzene rings is 2. The Morgan fingerprint density at radius 3 is 2.28 bits per heavy atom. The van der Waals surface area contributed by atoms with E-state index in [-0.39, 0.29) is 10.6 Å². The molecule has 4 rings (SSSR count). The summed E-state index contributed by atoms with van der Waals surface area (Å²) in [5.41, 5.74) is -0.469. The highest BCUT2D eigenvalue weighted by molar-refractivity contribution is 7.91. The summed E-state index contributed by atoms with van der Waals surface area (Å²) in [6, 6.07) is 18.5. The fourth-order valence-corrected chi connectivity index (χ4v) is 7.13. The maximum atomic E-state index is 13.5. The molecule has 2 N–H and O–H groups in total. The number of sulfonamides is 1. The number of halogens is 1. The molecule has 0 amide bonds. The summed E-state index contributed by atoms with van der Waals surface area (Å²) < 4.78 is 27.5. The first-order valence-corrected chi connectivity index (χ1v) is 12.2. The van der Waals surface area contributed by atoms with Gasteiger partial charge in [-0.2, -0.15) is 4.31 Å². The second-order valence-electron chi connectivity index (χ2n) is 7.43. The van der Waals surface area contributed by atoms with E-state index in [9.17, 15) is 28.2 Å². The van der Waals surface area contributed by atoms with Gasteiger partial charge in [-0.15, -0.1) is 11.3 Å². The average molecular weight is 492 g/mol. The Bertz CT molecular complexity index is 1270. The normalized spacial score (nSPS) is 20.2. The third-order valence-corrected chi connectivity index (χ3v) is 9.22. The van der Waals surface area contributed by atoms with Crippen LogP contribution in [0.15, 0.2) is 70.9 Å². The second kappa shape index (κ2) is 8.32. The minimum Gasteiger partial charge on any atom is -0.480 e. The molecular formula is C22H18ClNO6S2. The lowest BCUT2D eigenvalue weighted by Gasteiger charge is -2.27. The van der Waals surface area contributed by atoms with E-state index in [2.05, 4.69) is 0 Å². The van der Waals surface area contributed by atoms with E-state index in [1.54, 1.807) is 60.7 Å². The lowest BCUT2D eigenvalue weighted by Crippen LogP contribution is -2.50. The Morgan fingerprint density at radius 1 is 1.03 bits per heavy atom. The Kier molecular flexibility index (Phi) is 5.85. The molecule has 2 atom stereocenters. The van der Waals surface area contributed by atoms with Gasteiger partial charge in [0.05, 0.1) is 0 Å². The van der Waals surface area contributed by atoms with Crippen molar-refractivity contribution in [3.05, 3.63) is 77.3 Å². The molecule has 166 valence electrons. The van der Waals surface area contributed by atoms with E-state index < -0.39 is 40.0 Å². The van der Waals surface area contributed by atoms with Crippen LogP contribution in [0.4, 0.5) is 0 Å². The van der Waals surface area contributed by atoms with Crippen LogP contribution in [0.1, 0.15) is 17.9 Å². The molecule has 7 nitrogen and oxygen atoms in total. The standard InChI is InChI=1S/C22H18ClNO6S2/c23-16-8-6-15(7-9-16)18-10-11-20(31-18)32(29,30)24(13-19(25)26)22(21(27)28)12-17(22)14-4-2-1-3-5-14/h1-11,17H,12-13H2,(H,25,26)(H,27,28)/t17-,22-/m0/s1. The molecule has 0 radical (unpaired) electrons. The van der Waals surface area contributed by atoms with Gasteiger partial charge < -0.3 is 10.2 Å². The molecule has 0 spiro atoms. The monoisotopic (exact) mass is 491 g/mol. The molecule has 32 heavy (non-hydrogen) atoms. The van der Waals surface area contributed by atoms with Gasteiger partial charge in [0.15, 0.2) is 0 Å². The molecule has 1 aromatic heterocycles. The van der Waals surface area contributed by atoms with Crippen LogP contribution in [0, 0.1) is 0 Å². The van der Waals surface area contributed by atoms with Gasteiger partial charge in [0, 0.05) is 15.8 Å². The van der Waals surface area contributed by atoms with Gasteiger partial charge in [-0.1, -0.05) is 54.1 Å².